The van der Waals surface area contributed by atoms with Crippen molar-refractivity contribution in [1.29, 1.82) is 0 Å². The van der Waals surface area contributed by atoms with E-state index in [2.05, 4.69) is 31.2 Å². The lowest BCUT2D eigenvalue weighted by Crippen LogP contribution is -2.19. The van der Waals surface area contributed by atoms with Crippen molar-refractivity contribution in [1.82, 2.24) is 19.9 Å². The van der Waals surface area contributed by atoms with E-state index in [1.807, 2.05) is 6.20 Å². The average molecular weight is 274 g/mol. The molecule has 2 N–H and O–H groups in total. The zero-order valence-electron chi connectivity index (χ0n) is 12.4. The molecule has 0 spiro atoms. The molecule has 2 aromatic heterocycles. The fourth-order valence-corrected chi connectivity index (χ4v) is 2.87. The molecule has 3 rings (SSSR count). The SMILES string of the molecule is CC(C)(C)c1c[nH]n2c(=O)cc(CC3CCNC3)nc12. The van der Waals surface area contributed by atoms with Crippen LogP contribution in [0.4, 0.5) is 0 Å². The first-order valence-corrected chi connectivity index (χ1v) is 7.26. The molecule has 1 aliphatic heterocycles. The standard InChI is InChI=1S/C15H22N4O/c1-15(2,3)12-9-17-19-13(20)7-11(18-14(12)19)6-10-4-5-16-8-10/h7,9-10,16-17H,4-6,8H2,1-3H3. The number of aromatic nitrogens is 3. The molecule has 0 radical (unpaired) electrons. The molecule has 1 saturated heterocycles. The van der Waals surface area contributed by atoms with E-state index >= 15 is 0 Å². The van der Waals surface area contributed by atoms with Gasteiger partial charge in [-0.15, -0.1) is 0 Å². The Morgan fingerprint density at radius 1 is 1.45 bits per heavy atom. The molecule has 2 aromatic rings. The van der Waals surface area contributed by atoms with Gasteiger partial charge in [-0.25, -0.2) is 9.50 Å². The van der Waals surface area contributed by atoms with Crippen LogP contribution < -0.4 is 10.9 Å². The lowest BCUT2D eigenvalue weighted by Gasteiger charge is -2.16. The number of H-pyrrole nitrogens is 1. The van der Waals surface area contributed by atoms with E-state index in [1.165, 1.54) is 10.9 Å². The van der Waals surface area contributed by atoms with Gasteiger partial charge >= 0.3 is 0 Å². The number of fused-ring (bicyclic) bond motifs is 1. The molecule has 3 heterocycles. The molecule has 0 bridgehead atoms. The van der Waals surface area contributed by atoms with Crippen molar-refractivity contribution < 1.29 is 0 Å². The molecule has 0 aliphatic carbocycles. The van der Waals surface area contributed by atoms with Crippen molar-refractivity contribution in [3.05, 3.63) is 33.9 Å². The Hall–Kier alpha value is -1.62. The van der Waals surface area contributed by atoms with Gasteiger partial charge in [-0.1, -0.05) is 20.8 Å². The molecule has 5 nitrogen and oxygen atoms in total. The Labute approximate surface area is 118 Å². The van der Waals surface area contributed by atoms with Crippen molar-refractivity contribution in [3.8, 4) is 0 Å². The van der Waals surface area contributed by atoms with Crippen LogP contribution in [0.1, 0.15) is 38.4 Å². The van der Waals surface area contributed by atoms with Gasteiger partial charge in [-0.05, 0) is 37.3 Å². The van der Waals surface area contributed by atoms with Crippen LogP contribution in [-0.4, -0.2) is 27.7 Å². The molecule has 1 unspecified atom stereocenters. The largest absolute Gasteiger partial charge is 0.316 e. The maximum absolute atomic E-state index is 12.2. The second kappa shape index (κ2) is 4.74. The van der Waals surface area contributed by atoms with Crippen molar-refractivity contribution in [3.63, 3.8) is 0 Å². The zero-order chi connectivity index (χ0) is 14.3. The number of hydrogen-bond acceptors (Lipinski definition) is 3. The summed E-state index contributed by atoms with van der Waals surface area (Å²) in [4.78, 5) is 16.9. The van der Waals surface area contributed by atoms with Crippen molar-refractivity contribution in [2.24, 2.45) is 5.92 Å². The van der Waals surface area contributed by atoms with Gasteiger partial charge in [-0.3, -0.25) is 9.89 Å². The van der Waals surface area contributed by atoms with Crippen LogP contribution in [0.3, 0.4) is 0 Å². The third-order valence-electron chi connectivity index (χ3n) is 4.02. The van der Waals surface area contributed by atoms with E-state index in [9.17, 15) is 4.79 Å². The monoisotopic (exact) mass is 274 g/mol. The van der Waals surface area contributed by atoms with Gasteiger partial charge in [0.05, 0.1) is 0 Å². The first-order chi connectivity index (χ1) is 9.45. The van der Waals surface area contributed by atoms with E-state index in [4.69, 9.17) is 4.98 Å². The van der Waals surface area contributed by atoms with Gasteiger partial charge in [0.15, 0.2) is 5.65 Å². The first-order valence-electron chi connectivity index (χ1n) is 7.26. The summed E-state index contributed by atoms with van der Waals surface area (Å²) in [5.74, 6) is 0.598. The molecule has 108 valence electrons. The van der Waals surface area contributed by atoms with Gasteiger partial charge < -0.3 is 5.32 Å². The Morgan fingerprint density at radius 3 is 2.90 bits per heavy atom. The number of nitrogens with one attached hydrogen (secondary N) is 2. The molecular formula is C15H22N4O. The Bertz CT molecular complexity index is 671. The Balaban J connectivity index is 2.04. The molecule has 1 fully saturated rings. The van der Waals surface area contributed by atoms with Gasteiger partial charge in [0.25, 0.3) is 5.56 Å². The fraction of sp³-hybridized carbons (Fsp3) is 0.600. The van der Waals surface area contributed by atoms with Crippen LogP contribution in [0.25, 0.3) is 5.65 Å². The van der Waals surface area contributed by atoms with Gasteiger partial charge in [0, 0.05) is 23.5 Å². The van der Waals surface area contributed by atoms with Crippen LogP contribution in [0.5, 0.6) is 0 Å². The fourth-order valence-electron chi connectivity index (χ4n) is 2.87. The van der Waals surface area contributed by atoms with E-state index in [-0.39, 0.29) is 11.0 Å². The topological polar surface area (TPSA) is 62.2 Å². The van der Waals surface area contributed by atoms with Crippen LogP contribution in [0.15, 0.2) is 17.1 Å². The minimum atomic E-state index is -0.0295. The van der Waals surface area contributed by atoms with Crippen molar-refractivity contribution >= 4 is 5.65 Å². The number of aromatic amines is 1. The summed E-state index contributed by atoms with van der Waals surface area (Å²) >= 11 is 0. The lowest BCUT2D eigenvalue weighted by molar-refractivity contribution is 0.569. The van der Waals surface area contributed by atoms with Crippen LogP contribution in [-0.2, 0) is 11.8 Å². The average Bonchev–Trinajstić information content (AvgIpc) is 2.96. The van der Waals surface area contributed by atoms with Crippen LogP contribution in [0.2, 0.25) is 0 Å². The molecule has 0 aromatic carbocycles. The minimum absolute atomic E-state index is 0.0218. The summed E-state index contributed by atoms with van der Waals surface area (Å²) in [5, 5.41) is 6.37. The maximum Gasteiger partial charge on any atom is 0.272 e. The predicted octanol–water partition coefficient (Wildman–Crippen LogP) is 1.47. The lowest BCUT2D eigenvalue weighted by atomic mass is 9.89. The molecular weight excluding hydrogens is 252 g/mol. The molecule has 5 heteroatoms. The first kappa shape index (κ1) is 13.4. The third-order valence-corrected chi connectivity index (χ3v) is 4.02. The van der Waals surface area contributed by atoms with E-state index in [1.54, 1.807) is 6.07 Å². The summed E-state index contributed by atoms with van der Waals surface area (Å²) in [6, 6.07) is 1.66. The Morgan fingerprint density at radius 2 is 2.25 bits per heavy atom. The van der Waals surface area contributed by atoms with E-state index < -0.39 is 0 Å². The summed E-state index contributed by atoms with van der Waals surface area (Å²) < 4.78 is 1.54. The normalized spacial score (nSPS) is 19.9. The van der Waals surface area contributed by atoms with E-state index in [0.29, 0.717) is 5.92 Å². The van der Waals surface area contributed by atoms with Gasteiger partial charge in [0.2, 0.25) is 0 Å². The summed E-state index contributed by atoms with van der Waals surface area (Å²) in [6.45, 7) is 8.51. The molecule has 0 saturated carbocycles. The molecule has 20 heavy (non-hydrogen) atoms. The van der Waals surface area contributed by atoms with Gasteiger partial charge in [0.1, 0.15) is 0 Å². The highest BCUT2D eigenvalue weighted by Gasteiger charge is 2.22. The van der Waals surface area contributed by atoms with Gasteiger partial charge in [-0.2, -0.15) is 0 Å². The smallest absolute Gasteiger partial charge is 0.272 e. The molecule has 1 atom stereocenters. The van der Waals surface area contributed by atoms with Crippen molar-refractivity contribution in [2.45, 2.75) is 39.0 Å². The van der Waals surface area contributed by atoms with Crippen LogP contribution in [0, 0.1) is 5.92 Å². The molecule has 0 amide bonds. The van der Waals surface area contributed by atoms with Crippen molar-refractivity contribution in [2.75, 3.05) is 13.1 Å². The summed E-state index contributed by atoms with van der Waals surface area (Å²) in [6.07, 6.45) is 3.94. The highest BCUT2D eigenvalue weighted by Crippen LogP contribution is 2.25. The minimum Gasteiger partial charge on any atom is -0.316 e. The van der Waals surface area contributed by atoms with E-state index in [0.717, 1.165) is 36.4 Å². The highest BCUT2D eigenvalue weighted by atomic mass is 16.1. The number of hydrogen-bond donors (Lipinski definition) is 2. The molecule has 1 aliphatic rings. The highest BCUT2D eigenvalue weighted by molar-refractivity contribution is 5.50. The maximum atomic E-state index is 12.2. The second-order valence-electron chi connectivity index (χ2n) is 6.74. The number of nitrogens with zero attached hydrogens (tertiary/aromatic N) is 2. The summed E-state index contributed by atoms with van der Waals surface area (Å²) in [7, 11) is 0. The zero-order valence-corrected chi connectivity index (χ0v) is 12.4. The van der Waals surface area contributed by atoms with Crippen LogP contribution >= 0.6 is 0 Å². The Kier molecular flexibility index (Phi) is 3.17. The second-order valence-corrected chi connectivity index (χ2v) is 6.74. The third kappa shape index (κ3) is 2.38. The summed E-state index contributed by atoms with van der Waals surface area (Å²) in [5.41, 5.74) is 2.71. The quantitative estimate of drug-likeness (QED) is 0.872. The number of rotatable bonds is 2. The predicted molar refractivity (Wildman–Crippen MR) is 79.2 cm³/mol.